The lowest BCUT2D eigenvalue weighted by molar-refractivity contribution is -0.0893. The predicted octanol–water partition coefficient (Wildman–Crippen LogP) is 7.56. The first-order valence-electron chi connectivity index (χ1n) is 14.5. The largest absolute Gasteiger partial charge is 0.427 e. The number of nitrogens with zero attached hydrogens (tertiary/aromatic N) is 2. The molecule has 208 valence electrons. The average Bonchev–Trinajstić information content (AvgIpc) is 3.34. The van der Waals surface area contributed by atoms with Crippen molar-refractivity contribution in [2.75, 3.05) is 0 Å². The molecular weight excluding hydrogens is 523 g/mol. The van der Waals surface area contributed by atoms with Gasteiger partial charge in [-0.3, -0.25) is 0 Å². The van der Waals surface area contributed by atoms with Crippen LogP contribution in [0.1, 0.15) is 65.4 Å². The Balaban J connectivity index is 1.56. The van der Waals surface area contributed by atoms with Crippen LogP contribution in [0.5, 0.6) is 0 Å². The van der Waals surface area contributed by atoms with E-state index in [-0.39, 0.29) is 5.41 Å². The minimum absolute atomic E-state index is 0.286. The zero-order chi connectivity index (χ0) is 28.8. The summed E-state index contributed by atoms with van der Waals surface area (Å²) in [6.45, 7) is 9.68. The highest BCUT2D eigenvalue weighted by Crippen LogP contribution is 2.41. The first kappa shape index (κ1) is 27.8. The quantitative estimate of drug-likeness (QED) is 0.237. The Morgan fingerprint density at radius 2 is 1.76 bits per heavy atom. The topological polar surface area (TPSA) is 55.2 Å². The van der Waals surface area contributed by atoms with E-state index in [0.717, 1.165) is 53.1 Å². The fourth-order valence-corrected chi connectivity index (χ4v) is 6.52. The van der Waals surface area contributed by atoms with E-state index in [1.165, 1.54) is 20.2 Å². The van der Waals surface area contributed by atoms with E-state index in [2.05, 4.69) is 91.9 Å². The third-order valence-electron chi connectivity index (χ3n) is 8.67. The lowest BCUT2D eigenvalue weighted by Gasteiger charge is -2.37. The van der Waals surface area contributed by atoms with Crippen LogP contribution in [-0.4, -0.2) is 33.8 Å². The fraction of sp³-hybridized carbons (Fsp3) is 0.314. The molecule has 4 nitrogen and oxygen atoms in total. The summed E-state index contributed by atoms with van der Waals surface area (Å²) < 4.78 is 8.79. The van der Waals surface area contributed by atoms with Gasteiger partial charge in [0.2, 0.25) is 0 Å². The first-order valence-corrected chi connectivity index (χ1v) is 15.3. The van der Waals surface area contributed by atoms with Crippen LogP contribution < -0.4 is 5.46 Å². The summed E-state index contributed by atoms with van der Waals surface area (Å²) in [4.78, 5) is 10.5. The number of aromatic nitrogens is 2. The lowest BCUT2D eigenvalue weighted by atomic mass is 9.81. The van der Waals surface area contributed by atoms with Gasteiger partial charge in [-0.15, -0.1) is 11.3 Å². The maximum absolute atomic E-state index is 10.7. The van der Waals surface area contributed by atoms with Gasteiger partial charge in [-0.05, 0) is 77.7 Å². The van der Waals surface area contributed by atoms with E-state index >= 15 is 0 Å². The Morgan fingerprint density at radius 3 is 2.49 bits per heavy atom. The van der Waals surface area contributed by atoms with Gasteiger partial charge in [0, 0.05) is 31.2 Å². The van der Waals surface area contributed by atoms with Crippen molar-refractivity contribution in [1.29, 1.82) is 0 Å². The van der Waals surface area contributed by atoms with Crippen molar-refractivity contribution in [1.82, 2.24) is 9.97 Å². The molecule has 0 amide bonds. The van der Waals surface area contributed by atoms with E-state index in [1.807, 2.05) is 13.8 Å². The molecule has 0 saturated heterocycles. The summed E-state index contributed by atoms with van der Waals surface area (Å²) in [7, 11) is 0.387. The number of benzene rings is 2. The van der Waals surface area contributed by atoms with Gasteiger partial charge in [-0.1, -0.05) is 72.3 Å². The predicted molar refractivity (Wildman–Crippen MR) is 175 cm³/mol. The molecule has 1 unspecified atom stereocenters. The van der Waals surface area contributed by atoms with Crippen molar-refractivity contribution in [2.24, 2.45) is 0 Å². The zero-order valence-electron chi connectivity index (χ0n) is 24.6. The molecule has 0 bridgehead atoms. The molecule has 6 rings (SSSR count). The molecule has 1 atom stereocenters. The average molecular weight is 561 g/mol. The number of rotatable bonds is 7. The second kappa shape index (κ2) is 10.5. The zero-order valence-corrected chi connectivity index (χ0v) is 25.4. The molecular formula is C35H37BN2O2S. The molecule has 41 heavy (non-hydrogen) atoms. The molecule has 0 fully saturated rings. The highest BCUT2D eigenvalue weighted by Gasteiger charge is 2.36. The van der Waals surface area contributed by atoms with Crippen LogP contribution in [-0.2, 0) is 10.1 Å². The Kier molecular flexibility index (Phi) is 7.13. The molecule has 0 saturated carbocycles. The lowest BCUT2D eigenvalue weighted by Crippen LogP contribution is -2.49. The Bertz CT molecular complexity index is 1760. The van der Waals surface area contributed by atoms with E-state index in [4.69, 9.17) is 14.6 Å². The molecule has 2 aliphatic rings. The molecule has 4 aromatic rings. The van der Waals surface area contributed by atoms with Crippen LogP contribution in [0.3, 0.4) is 0 Å². The summed E-state index contributed by atoms with van der Waals surface area (Å²) in [6.07, 6.45) is 18.3. The number of thiophene rings is 1. The van der Waals surface area contributed by atoms with Gasteiger partial charge in [0.1, 0.15) is 5.82 Å². The van der Waals surface area contributed by atoms with Gasteiger partial charge in [-0.2, -0.15) is 0 Å². The molecule has 2 aromatic carbocycles. The molecule has 6 heteroatoms. The van der Waals surface area contributed by atoms with Crippen molar-refractivity contribution < 1.29 is 9.76 Å². The maximum Gasteiger partial charge on any atom is 0.309 e. The van der Waals surface area contributed by atoms with Gasteiger partial charge in [0.05, 0.1) is 22.6 Å². The summed E-state index contributed by atoms with van der Waals surface area (Å²) >= 11 is 1.80. The molecule has 2 aromatic heterocycles. The minimum atomic E-state index is -0.980. The van der Waals surface area contributed by atoms with Gasteiger partial charge in [-0.25, -0.2) is 9.97 Å². The second-order valence-electron chi connectivity index (χ2n) is 12.5. The summed E-state index contributed by atoms with van der Waals surface area (Å²) in [6, 6.07) is 15.2. The first-order chi connectivity index (χ1) is 19.5. The van der Waals surface area contributed by atoms with Crippen LogP contribution in [0.25, 0.3) is 37.0 Å². The van der Waals surface area contributed by atoms with Gasteiger partial charge < -0.3 is 9.76 Å². The van der Waals surface area contributed by atoms with E-state index in [0.29, 0.717) is 7.48 Å². The number of hydrogen-bond acceptors (Lipinski definition) is 5. The molecule has 2 aliphatic carbocycles. The van der Waals surface area contributed by atoms with Gasteiger partial charge in [0.25, 0.3) is 0 Å². The standard InChI is InChI=1S/C35H37BN2O2S/c1-33(2,39)34(3,4)40-36-24-20-26(31-25-16-10-11-17-29(25)41-30(31)21-24)28-22-27(23-14-8-6-9-15-23)37-32(38-28)35(5)18-12-7-13-19-35/h7-8,10-18,20-22,36,39H,6,9,19H2,1-5H3. The third-order valence-corrected chi connectivity index (χ3v) is 9.79. The second-order valence-corrected chi connectivity index (χ2v) is 13.6. The molecule has 2 heterocycles. The molecule has 0 radical (unpaired) electrons. The molecule has 1 N–H and O–H groups in total. The van der Waals surface area contributed by atoms with Crippen molar-refractivity contribution in [2.45, 2.75) is 70.5 Å². The van der Waals surface area contributed by atoms with E-state index in [1.54, 1.807) is 25.2 Å². The maximum atomic E-state index is 10.7. The smallest absolute Gasteiger partial charge is 0.309 e. The SMILES string of the molecule is CC1(c2nc(C3=CCCC=C3)cc(-c3cc(BOC(C)(C)C(C)(C)O)cc4sc5ccccc5c34)n2)C=CC=CC1. The van der Waals surface area contributed by atoms with Crippen LogP contribution in [0.4, 0.5) is 0 Å². The van der Waals surface area contributed by atoms with Gasteiger partial charge in [0.15, 0.2) is 0 Å². The third kappa shape index (κ3) is 5.37. The Labute approximate surface area is 247 Å². The summed E-state index contributed by atoms with van der Waals surface area (Å²) in [5.41, 5.74) is 3.20. The van der Waals surface area contributed by atoms with Crippen LogP contribution in [0, 0.1) is 0 Å². The van der Waals surface area contributed by atoms with E-state index < -0.39 is 11.2 Å². The molecule has 0 aliphatic heterocycles. The Hall–Kier alpha value is -3.32. The van der Waals surface area contributed by atoms with Crippen molar-refractivity contribution in [3.05, 3.63) is 96.5 Å². The highest BCUT2D eigenvalue weighted by atomic mass is 32.1. The van der Waals surface area contributed by atoms with Crippen LogP contribution in [0.15, 0.2) is 85.0 Å². The van der Waals surface area contributed by atoms with Gasteiger partial charge >= 0.3 is 7.48 Å². The van der Waals surface area contributed by atoms with Crippen molar-refractivity contribution >= 4 is 50.0 Å². The Morgan fingerprint density at radius 1 is 0.951 bits per heavy atom. The minimum Gasteiger partial charge on any atom is -0.427 e. The van der Waals surface area contributed by atoms with Crippen molar-refractivity contribution in [3.8, 4) is 11.3 Å². The van der Waals surface area contributed by atoms with E-state index in [9.17, 15) is 5.11 Å². The summed E-state index contributed by atoms with van der Waals surface area (Å²) in [5.74, 6) is 0.836. The molecule has 0 spiro atoms. The number of fused-ring (bicyclic) bond motifs is 3. The summed E-state index contributed by atoms with van der Waals surface area (Å²) in [5, 5.41) is 13.1. The number of allylic oxidation sites excluding steroid dienone is 8. The van der Waals surface area contributed by atoms with Crippen LogP contribution in [0.2, 0.25) is 0 Å². The fourth-order valence-electron chi connectivity index (χ4n) is 5.32. The van der Waals surface area contributed by atoms with Crippen molar-refractivity contribution in [3.63, 3.8) is 0 Å². The number of hydrogen-bond donors (Lipinski definition) is 1. The monoisotopic (exact) mass is 560 g/mol. The normalized spacial score (nSPS) is 19.2. The van der Waals surface area contributed by atoms with Crippen LogP contribution >= 0.6 is 11.3 Å². The highest BCUT2D eigenvalue weighted by molar-refractivity contribution is 7.26. The number of aliphatic hydroxyl groups is 1.